The van der Waals surface area contributed by atoms with Gasteiger partial charge in [-0.3, -0.25) is 4.90 Å². The lowest BCUT2D eigenvalue weighted by molar-refractivity contribution is 0.155. The summed E-state index contributed by atoms with van der Waals surface area (Å²) in [6.07, 6.45) is 0.668. The second-order valence-corrected chi connectivity index (χ2v) is 7.13. The van der Waals surface area contributed by atoms with Crippen molar-refractivity contribution in [3.8, 4) is 11.5 Å². The van der Waals surface area contributed by atoms with E-state index >= 15 is 0 Å². The lowest BCUT2D eigenvalue weighted by atomic mass is 9.91. The Labute approximate surface area is 166 Å². The molecule has 0 radical (unpaired) electrons. The molecule has 5 nitrogen and oxygen atoms in total. The van der Waals surface area contributed by atoms with Crippen molar-refractivity contribution in [2.75, 3.05) is 20.2 Å². The Morgan fingerprint density at radius 1 is 1.22 bits per heavy atom. The third-order valence-corrected chi connectivity index (χ3v) is 5.38. The first-order valence-electron chi connectivity index (χ1n) is 9.12. The zero-order valence-corrected chi connectivity index (χ0v) is 16.4. The van der Waals surface area contributed by atoms with Crippen LogP contribution in [0.2, 0.25) is 0 Å². The topological polar surface area (TPSA) is 50.8 Å². The molecule has 0 aliphatic carbocycles. The number of ether oxygens (including phenoxy) is 2. The summed E-state index contributed by atoms with van der Waals surface area (Å²) < 4.78 is 11.6. The number of nitrogens with one attached hydrogen (secondary N) is 1. The van der Waals surface area contributed by atoms with Gasteiger partial charge in [0.1, 0.15) is 0 Å². The molecule has 2 heterocycles. The number of hydrogen-bond donors (Lipinski definition) is 1. The van der Waals surface area contributed by atoms with Gasteiger partial charge in [0, 0.05) is 17.5 Å². The second-order valence-electron chi connectivity index (χ2n) is 7.13. The van der Waals surface area contributed by atoms with Gasteiger partial charge in [0.2, 0.25) is 0 Å². The maximum atomic E-state index is 12.4. The lowest BCUT2D eigenvalue weighted by Gasteiger charge is -2.32. The van der Waals surface area contributed by atoms with Crippen LogP contribution in [0.5, 0.6) is 11.5 Å². The minimum atomic E-state index is -0.472. The number of benzene rings is 2. The molecule has 2 aromatic carbocycles. The van der Waals surface area contributed by atoms with Crippen LogP contribution in [0, 0.1) is 5.92 Å². The standard InChI is InChI=1S/C21H24N2O3.ClH/c1-14(15-7-4-3-5-8-15)22-21(24)26-18-10-6-9-17-19-16(11-12-23(19)2)13-25-20(17)18;/h3-10,14,16,19H,11-13H2,1-2H3,(H,22,24);1H/t14-,16+,19+;/m1./s1. The van der Waals surface area contributed by atoms with Gasteiger partial charge in [-0.25, -0.2) is 4.79 Å². The van der Waals surface area contributed by atoms with E-state index in [9.17, 15) is 4.79 Å². The summed E-state index contributed by atoms with van der Waals surface area (Å²) >= 11 is 0. The summed E-state index contributed by atoms with van der Waals surface area (Å²) in [7, 11) is 2.14. The Hall–Kier alpha value is -2.24. The molecule has 1 amide bonds. The van der Waals surface area contributed by atoms with Crippen molar-refractivity contribution >= 4 is 18.5 Å². The number of carbonyl (C=O) groups is 1. The van der Waals surface area contributed by atoms with Crippen molar-refractivity contribution in [1.29, 1.82) is 0 Å². The van der Waals surface area contributed by atoms with Crippen molar-refractivity contribution in [2.24, 2.45) is 5.92 Å². The van der Waals surface area contributed by atoms with Crippen LogP contribution in [-0.4, -0.2) is 31.2 Å². The number of amides is 1. The number of carbonyl (C=O) groups excluding carboxylic acids is 1. The number of fused-ring (bicyclic) bond motifs is 3. The van der Waals surface area contributed by atoms with Gasteiger partial charge in [-0.05, 0) is 38.6 Å². The van der Waals surface area contributed by atoms with Crippen LogP contribution in [0.3, 0.4) is 0 Å². The summed E-state index contributed by atoms with van der Waals surface area (Å²) in [5, 5.41) is 2.88. The molecule has 144 valence electrons. The first kappa shape index (κ1) is 19.5. The Kier molecular flexibility index (Phi) is 5.92. The molecule has 4 rings (SSSR count). The third-order valence-electron chi connectivity index (χ3n) is 5.38. The maximum Gasteiger partial charge on any atom is 0.413 e. The van der Waals surface area contributed by atoms with Crippen molar-refractivity contribution in [3.63, 3.8) is 0 Å². The Morgan fingerprint density at radius 3 is 2.78 bits per heavy atom. The number of halogens is 1. The quantitative estimate of drug-likeness (QED) is 0.849. The molecule has 6 heteroatoms. The maximum absolute atomic E-state index is 12.4. The minimum Gasteiger partial charge on any atom is -0.489 e. The van der Waals surface area contributed by atoms with Crippen LogP contribution in [0.1, 0.15) is 36.6 Å². The second kappa shape index (κ2) is 8.19. The number of hydrogen-bond acceptors (Lipinski definition) is 4. The molecular formula is C21H25ClN2O3. The fourth-order valence-corrected chi connectivity index (χ4v) is 4.01. The smallest absolute Gasteiger partial charge is 0.413 e. The molecule has 27 heavy (non-hydrogen) atoms. The molecule has 0 spiro atoms. The summed E-state index contributed by atoms with van der Waals surface area (Å²) in [6.45, 7) is 3.67. The molecule has 1 saturated heterocycles. The van der Waals surface area contributed by atoms with Gasteiger partial charge in [-0.2, -0.15) is 0 Å². The molecule has 1 N–H and O–H groups in total. The minimum absolute atomic E-state index is 0. The van der Waals surface area contributed by atoms with Crippen LogP contribution in [0.15, 0.2) is 48.5 Å². The first-order valence-corrected chi connectivity index (χ1v) is 9.12. The van der Waals surface area contributed by atoms with E-state index in [0.29, 0.717) is 30.1 Å². The highest BCUT2D eigenvalue weighted by molar-refractivity contribution is 5.85. The fraction of sp³-hybridized carbons (Fsp3) is 0.381. The number of nitrogens with zero attached hydrogens (tertiary/aromatic N) is 1. The van der Waals surface area contributed by atoms with E-state index in [1.54, 1.807) is 6.07 Å². The summed E-state index contributed by atoms with van der Waals surface area (Å²) in [5.74, 6) is 1.69. The van der Waals surface area contributed by atoms with E-state index < -0.39 is 6.09 Å². The Bertz CT molecular complexity index is 799. The summed E-state index contributed by atoms with van der Waals surface area (Å²) in [4.78, 5) is 14.7. The number of rotatable bonds is 3. The molecule has 2 aromatic rings. The van der Waals surface area contributed by atoms with Crippen LogP contribution in [0.4, 0.5) is 4.79 Å². The van der Waals surface area contributed by atoms with Gasteiger partial charge < -0.3 is 14.8 Å². The molecular weight excluding hydrogens is 364 g/mol. The normalized spacial score (nSPS) is 21.9. The zero-order chi connectivity index (χ0) is 18.1. The largest absolute Gasteiger partial charge is 0.489 e. The summed E-state index contributed by atoms with van der Waals surface area (Å²) in [5.41, 5.74) is 2.15. The van der Waals surface area contributed by atoms with E-state index in [1.165, 1.54) is 0 Å². The summed E-state index contributed by atoms with van der Waals surface area (Å²) in [6, 6.07) is 15.8. The van der Waals surface area contributed by atoms with Crippen LogP contribution in [0.25, 0.3) is 0 Å². The highest BCUT2D eigenvalue weighted by atomic mass is 35.5. The highest BCUT2D eigenvalue weighted by Gasteiger charge is 2.39. The predicted molar refractivity (Wildman–Crippen MR) is 107 cm³/mol. The fourth-order valence-electron chi connectivity index (χ4n) is 4.01. The number of likely N-dealkylation sites (tertiary alicyclic amines) is 1. The highest BCUT2D eigenvalue weighted by Crippen LogP contribution is 2.47. The van der Waals surface area contributed by atoms with Gasteiger partial charge in [0.25, 0.3) is 0 Å². The van der Waals surface area contributed by atoms with E-state index in [2.05, 4.69) is 23.3 Å². The van der Waals surface area contributed by atoms with E-state index in [0.717, 1.165) is 24.1 Å². The molecule has 0 bridgehead atoms. The van der Waals surface area contributed by atoms with Gasteiger partial charge in [0.15, 0.2) is 11.5 Å². The molecule has 2 aliphatic rings. The van der Waals surface area contributed by atoms with E-state index in [-0.39, 0.29) is 18.4 Å². The zero-order valence-electron chi connectivity index (χ0n) is 15.6. The van der Waals surface area contributed by atoms with Crippen molar-refractivity contribution < 1.29 is 14.3 Å². The van der Waals surface area contributed by atoms with E-state index in [4.69, 9.17) is 9.47 Å². The SMILES string of the molecule is C[C@@H](NC(=O)Oc1cccc2c1OC[C@@H]1CCN(C)[C@H]21)c1ccccc1.Cl. The average Bonchev–Trinajstić information content (AvgIpc) is 3.04. The molecule has 0 unspecified atom stereocenters. The molecule has 2 aliphatic heterocycles. The lowest BCUT2D eigenvalue weighted by Crippen LogP contribution is -2.31. The third kappa shape index (κ3) is 3.89. The van der Waals surface area contributed by atoms with Gasteiger partial charge in [-0.1, -0.05) is 42.5 Å². The van der Waals surface area contributed by atoms with Gasteiger partial charge in [0.05, 0.1) is 12.6 Å². The molecule has 1 fully saturated rings. The Morgan fingerprint density at radius 2 is 2.00 bits per heavy atom. The molecule has 3 atom stereocenters. The van der Waals surface area contributed by atoms with Crippen molar-refractivity contribution in [2.45, 2.75) is 25.4 Å². The van der Waals surface area contributed by atoms with Crippen LogP contribution >= 0.6 is 12.4 Å². The monoisotopic (exact) mass is 388 g/mol. The molecule has 0 aromatic heterocycles. The van der Waals surface area contributed by atoms with Gasteiger partial charge >= 0.3 is 6.09 Å². The number of para-hydroxylation sites is 1. The van der Waals surface area contributed by atoms with Crippen molar-refractivity contribution in [1.82, 2.24) is 10.2 Å². The Balaban J connectivity index is 0.00000210. The average molecular weight is 389 g/mol. The van der Waals surface area contributed by atoms with Gasteiger partial charge in [-0.15, -0.1) is 12.4 Å². The van der Waals surface area contributed by atoms with Crippen LogP contribution < -0.4 is 14.8 Å². The first-order chi connectivity index (χ1) is 12.6. The van der Waals surface area contributed by atoms with Crippen LogP contribution in [-0.2, 0) is 0 Å². The molecule has 0 saturated carbocycles. The predicted octanol–water partition coefficient (Wildman–Crippen LogP) is 4.34. The van der Waals surface area contributed by atoms with E-state index in [1.807, 2.05) is 43.3 Å². The van der Waals surface area contributed by atoms with Crippen molar-refractivity contribution in [3.05, 3.63) is 59.7 Å².